The number of hydrogen-bond donors (Lipinski definition) is 1. The van der Waals surface area contributed by atoms with Gasteiger partial charge < -0.3 is 10.6 Å². The topological polar surface area (TPSA) is 77.0 Å². The average molecular weight is 434 g/mol. The van der Waals surface area contributed by atoms with Crippen molar-refractivity contribution in [1.82, 2.24) is 19.7 Å². The third-order valence-electron chi connectivity index (χ3n) is 4.40. The predicted octanol–water partition coefficient (Wildman–Crippen LogP) is 3.95. The van der Waals surface area contributed by atoms with Crippen LogP contribution in [0.15, 0.2) is 48.5 Å². The summed E-state index contributed by atoms with van der Waals surface area (Å²) in [5.74, 6) is 0.350. The van der Waals surface area contributed by atoms with Gasteiger partial charge in [-0.2, -0.15) is 5.10 Å². The quantitative estimate of drug-likeness (QED) is 0.611. The molecule has 6 nitrogen and oxygen atoms in total. The summed E-state index contributed by atoms with van der Waals surface area (Å²) in [6, 6.07) is 15.3. The van der Waals surface area contributed by atoms with Gasteiger partial charge in [0.1, 0.15) is 5.69 Å². The van der Waals surface area contributed by atoms with Crippen molar-refractivity contribution in [2.24, 2.45) is 5.73 Å². The van der Waals surface area contributed by atoms with Crippen LogP contribution in [0.4, 0.5) is 0 Å². The Morgan fingerprint density at radius 1 is 1.17 bits per heavy atom. The van der Waals surface area contributed by atoms with Crippen molar-refractivity contribution in [2.45, 2.75) is 26.8 Å². The van der Waals surface area contributed by atoms with Crippen molar-refractivity contribution >= 4 is 29.9 Å². The third-order valence-corrected chi connectivity index (χ3v) is 4.70. The fourth-order valence-electron chi connectivity index (χ4n) is 3.05. The molecule has 0 aliphatic heterocycles. The van der Waals surface area contributed by atoms with Gasteiger partial charge in [0.25, 0.3) is 5.91 Å². The Bertz CT molecular complexity index is 959. The lowest BCUT2D eigenvalue weighted by Gasteiger charge is -2.23. The van der Waals surface area contributed by atoms with Gasteiger partial charge in [0.2, 0.25) is 0 Å². The number of hydrogen-bond acceptors (Lipinski definition) is 4. The molecule has 3 rings (SSSR count). The Hall–Kier alpha value is -2.41. The van der Waals surface area contributed by atoms with E-state index >= 15 is 0 Å². The summed E-state index contributed by atoms with van der Waals surface area (Å²) in [5, 5.41) is 4.76. The van der Waals surface area contributed by atoms with Crippen LogP contribution in [0, 0.1) is 13.8 Å². The summed E-state index contributed by atoms with van der Waals surface area (Å²) in [5.41, 5.74) is 8.75. The number of pyridine rings is 1. The van der Waals surface area contributed by atoms with Crippen molar-refractivity contribution in [2.75, 3.05) is 13.1 Å². The van der Waals surface area contributed by atoms with Crippen LogP contribution >= 0.6 is 24.0 Å². The van der Waals surface area contributed by atoms with E-state index in [1.807, 2.05) is 50.2 Å². The van der Waals surface area contributed by atoms with Crippen LogP contribution in [0.25, 0.3) is 5.82 Å². The summed E-state index contributed by atoms with van der Waals surface area (Å²) in [4.78, 5) is 19.5. The molecule has 0 spiro atoms. The average Bonchev–Trinajstić information content (AvgIpc) is 3.04. The minimum atomic E-state index is -0.217. The van der Waals surface area contributed by atoms with Gasteiger partial charge in [-0.15, -0.1) is 12.4 Å². The highest BCUT2D eigenvalue weighted by atomic mass is 35.5. The van der Waals surface area contributed by atoms with Crippen LogP contribution in [-0.4, -0.2) is 38.7 Å². The first kappa shape index (κ1) is 22.9. The third kappa shape index (κ3) is 5.56. The molecule has 0 atom stereocenters. The zero-order valence-corrected chi connectivity index (χ0v) is 18.1. The van der Waals surface area contributed by atoms with Gasteiger partial charge >= 0.3 is 0 Å². The molecule has 8 heteroatoms. The van der Waals surface area contributed by atoms with Crippen LogP contribution in [0.1, 0.15) is 33.9 Å². The second-order valence-corrected chi connectivity index (χ2v) is 7.10. The van der Waals surface area contributed by atoms with E-state index < -0.39 is 0 Å². The molecule has 3 aromatic rings. The zero-order chi connectivity index (χ0) is 20.1. The van der Waals surface area contributed by atoms with E-state index in [2.05, 4.69) is 10.1 Å². The van der Waals surface area contributed by atoms with Crippen LogP contribution in [0.3, 0.4) is 0 Å². The van der Waals surface area contributed by atoms with E-state index in [0.717, 1.165) is 17.0 Å². The number of benzene rings is 1. The first-order valence-electron chi connectivity index (χ1n) is 9.23. The van der Waals surface area contributed by atoms with E-state index in [9.17, 15) is 4.79 Å². The molecule has 1 aromatic carbocycles. The standard InChI is InChI=1S/C21H24ClN5O.ClH/c1-15-13-16(2)27(25-15)19-10-9-18(22)20(24-19)21(28)26(12-6-11-23)14-17-7-4-3-5-8-17;/h3-5,7-10,13H,6,11-12,14,23H2,1-2H3;1H. The normalized spacial score (nSPS) is 10.5. The number of amides is 1. The first-order chi connectivity index (χ1) is 13.5. The van der Waals surface area contributed by atoms with E-state index in [1.165, 1.54) is 0 Å². The van der Waals surface area contributed by atoms with Gasteiger partial charge in [-0.05, 0) is 50.6 Å². The SMILES string of the molecule is Cc1cc(C)n(-c2ccc(Cl)c(C(=O)N(CCCN)Cc3ccccc3)n2)n1.Cl. The van der Waals surface area contributed by atoms with Crippen LogP contribution in [-0.2, 0) is 6.54 Å². The van der Waals surface area contributed by atoms with Gasteiger partial charge in [-0.25, -0.2) is 9.67 Å². The Morgan fingerprint density at radius 2 is 1.90 bits per heavy atom. The first-order valence-corrected chi connectivity index (χ1v) is 9.61. The summed E-state index contributed by atoms with van der Waals surface area (Å²) >= 11 is 6.34. The molecule has 0 saturated carbocycles. The van der Waals surface area contributed by atoms with Crippen LogP contribution in [0.5, 0.6) is 0 Å². The maximum atomic E-state index is 13.3. The Balaban J connectivity index is 0.00000300. The lowest BCUT2D eigenvalue weighted by molar-refractivity contribution is 0.0736. The number of carbonyl (C=O) groups is 1. The maximum Gasteiger partial charge on any atom is 0.274 e. The fourth-order valence-corrected chi connectivity index (χ4v) is 3.23. The van der Waals surface area contributed by atoms with Crippen molar-refractivity contribution in [3.63, 3.8) is 0 Å². The number of nitrogens with zero attached hydrogens (tertiary/aromatic N) is 4. The van der Waals surface area contributed by atoms with Gasteiger partial charge in [0.05, 0.1) is 10.7 Å². The highest BCUT2D eigenvalue weighted by molar-refractivity contribution is 6.33. The molecule has 154 valence electrons. The Kier molecular flexibility index (Phi) is 8.20. The summed E-state index contributed by atoms with van der Waals surface area (Å²) < 4.78 is 1.71. The molecule has 2 N–H and O–H groups in total. The number of rotatable bonds is 7. The molecule has 29 heavy (non-hydrogen) atoms. The van der Waals surface area contributed by atoms with Gasteiger partial charge in [-0.3, -0.25) is 4.79 Å². The van der Waals surface area contributed by atoms with Crippen LogP contribution < -0.4 is 5.73 Å². The highest BCUT2D eigenvalue weighted by Gasteiger charge is 2.21. The number of carbonyl (C=O) groups excluding carboxylic acids is 1. The van der Waals surface area contributed by atoms with Crippen molar-refractivity contribution in [3.05, 3.63) is 76.2 Å². The minimum absolute atomic E-state index is 0. The molecule has 0 unspecified atom stereocenters. The lowest BCUT2D eigenvalue weighted by Crippen LogP contribution is -2.33. The smallest absolute Gasteiger partial charge is 0.274 e. The van der Waals surface area contributed by atoms with Crippen molar-refractivity contribution in [3.8, 4) is 5.82 Å². The van der Waals surface area contributed by atoms with Crippen molar-refractivity contribution < 1.29 is 4.79 Å². The van der Waals surface area contributed by atoms with Crippen molar-refractivity contribution in [1.29, 1.82) is 0 Å². The molecule has 0 fully saturated rings. The predicted molar refractivity (Wildman–Crippen MR) is 118 cm³/mol. The monoisotopic (exact) mass is 433 g/mol. The van der Waals surface area contributed by atoms with Crippen LogP contribution in [0.2, 0.25) is 5.02 Å². The summed E-state index contributed by atoms with van der Waals surface area (Å²) in [7, 11) is 0. The fraction of sp³-hybridized carbons (Fsp3) is 0.286. The molecular formula is C21H25Cl2N5O. The maximum absolute atomic E-state index is 13.3. The van der Waals surface area contributed by atoms with E-state index in [-0.39, 0.29) is 24.0 Å². The molecule has 2 aromatic heterocycles. The second kappa shape index (κ2) is 10.4. The highest BCUT2D eigenvalue weighted by Crippen LogP contribution is 2.20. The molecule has 0 aliphatic carbocycles. The molecule has 0 saturated heterocycles. The van der Waals surface area contributed by atoms with Gasteiger partial charge in [0, 0.05) is 18.8 Å². The van der Waals surface area contributed by atoms with Gasteiger partial charge in [-0.1, -0.05) is 41.9 Å². The number of nitrogens with two attached hydrogens (primary N) is 1. The molecule has 2 heterocycles. The molecular weight excluding hydrogens is 409 g/mol. The number of halogens is 2. The van der Waals surface area contributed by atoms with E-state index in [0.29, 0.717) is 36.9 Å². The number of aryl methyl sites for hydroxylation is 2. The Labute approximate surface area is 182 Å². The van der Waals surface area contributed by atoms with Gasteiger partial charge in [0.15, 0.2) is 5.82 Å². The van der Waals surface area contributed by atoms with E-state index in [4.69, 9.17) is 17.3 Å². The minimum Gasteiger partial charge on any atom is -0.333 e. The lowest BCUT2D eigenvalue weighted by atomic mass is 10.2. The molecule has 0 bridgehead atoms. The largest absolute Gasteiger partial charge is 0.333 e. The molecule has 1 amide bonds. The molecule has 0 aliphatic rings. The second-order valence-electron chi connectivity index (χ2n) is 6.69. The zero-order valence-electron chi connectivity index (χ0n) is 16.5. The molecule has 0 radical (unpaired) electrons. The van der Waals surface area contributed by atoms with E-state index in [1.54, 1.807) is 21.7 Å². The number of aromatic nitrogens is 3. The summed E-state index contributed by atoms with van der Waals surface area (Å²) in [6.45, 7) is 5.38. The Morgan fingerprint density at radius 3 is 2.52 bits per heavy atom. The summed E-state index contributed by atoms with van der Waals surface area (Å²) in [6.07, 6.45) is 0.702.